The molecule has 124 valence electrons. The van der Waals surface area contributed by atoms with Crippen molar-refractivity contribution in [3.8, 4) is 0 Å². The highest BCUT2D eigenvalue weighted by Crippen LogP contribution is 2.60. The Labute approximate surface area is 141 Å². The number of amides is 1. The average molecular weight is 342 g/mol. The van der Waals surface area contributed by atoms with E-state index in [1.54, 1.807) is 0 Å². The number of rotatable bonds is 3. The highest BCUT2D eigenvalue weighted by Gasteiger charge is 2.60. The second-order valence-corrected chi connectivity index (χ2v) is 8.26. The third-order valence-corrected chi connectivity index (χ3v) is 6.53. The molecule has 5 nitrogen and oxygen atoms in total. The maximum Gasteiger partial charge on any atom is 0.265 e. The molecule has 1 amide bonds. The average Bonchev–Trinajstić information content (AvgIpc) is 3.31. The Hall–Kier alpha value is -2.21. The van der Waals surface area contributed by atoms with Crippen molar-refractivity contribution in [1.82, 2.24) is 9.71 Å². The molecular weight excluding hydrogens is 324 g/mol. The molecule has 1 fully saturated rings. The number of sulfonamides is 1. The van der Waals surface area contributed by atoms with E-state index in [9.17, 15) is 13.2 Å². The molecule has 0 bridgehead atoms. The molecule has 4 rings (SSSR count). The van der Waals surface area contributed by atoms with Gasteiger partial charge in [0.2, 0.25) is 5.91 Å². The molecule has 2 aliphatic carbocycles. The summed E-state index contributed by atoms with van der Waals surface area (Å²) < 4.78 is 26.9. The molecule has 1 aromatic heterocycles. The van der Waals surface area contributed by atoms with E-state index in [-0.39, 0.29) is 16.2 Å². The standard InChI is InChI=1S/C18H18N2O3S/c21-17(20-24(22,23)14-7-4-10-19-12-14)16-11-18(16)9-3-6-13-5-1-2-8-15(13)18/h1-2,4-5,7-8,10,12,16H,3,6,9,11H2,(H,20,21)/t16-,18-/m1/s1. The van der Waals surface area contributed by atoms with Crippen molar-refractivity contribution >= 4 is 15.9 Å². The van der Waals surface area contributed by atoms with Gasteiger partial charge in [-0.1, -0.05) is 24.3 Å². The lowest BCUT2D eigenvalue weighted by Gasteiger charge is -2.26. The van der Waals surface area contributed by atoms with Gasteiger partial charge in [0.1, 0.15) is 4.90 Å². The second kappa shape index (κ2) is 5.41. The van der Waals surface area contributed by atoms with Crippen LogP contribution in [0.4, 0.5) is 0 Å². The first kappa shape index (κ1) is 15.3. The molecule has 6 heteroatoms. The van der Waals surface area contributed by atoms with Gasteiger partial charge in [-0.3, -0.25) is 9.78 Å². The summed E-state index contributed by atoms with van der Waals surface area (Å²) in [6.07, 6.45) is 6.47. The van der Waals surface area contributed by atoms with Crippen molar-refractivity contribution in [1.29, 1.82) is 0 Å². The Morgan fingerprint density at radius 1 is 1.21 bits per heavy atom. The summed E-state index contributed by atoms with van der Waals surface area (Å²) >= 11 is 0. The Morgan fingerprint density at radius 2 is 2.04 bits per heavy atom. The van der Waals surface area contributed by atoms with Crippen LogP contribution in [0.3, 0.4) is 0 Å². The normalized spacial score (nSPS) is 25.1. The van der Waals surface area contributed by atoms with E-state index in [0.29, 0.717) is 0 Å². The third-order valence-electron chi connectivity index (χ3n) is 5.19. The molecule has 0 saturated heterocycles. The highest BCUT2D eigenvalue weighted by molar-refractivity contribution is 7.90. The highest BCUT2D eigenvalue weighted by atomic mass is 32.2. The topological polar surface area (TPSA) is 76.1 Å². The predicted molar refractivity (Wildman–Crippen MR) is 88.7 cm³/mol. The van der Waals surface area contributed by atoms with Gasteiger partial charge in [-0.2, -0.15) is 0 Å². The molecule has 2 aliphatic rings. The molecule has 0 unspecified atom stereocenters. The van der Waals surface area contributed by atoms with Crippen molar-refractivity contribution in [3.05, 3.63) is 59.9 Å². The summed E-state index contributed by atoms with van der Waals surface area (Å²) in [5.41, 5.74) is 2.33. The first-order valence-corrected chi connectivity index (χ1v) is 9.56. The SMILES string of the molecule is O=C(NS(=O)(=O)c1cccnc1)[C@H]1C[C@@]12CCCc1ccccc12. The number of aromatic nitrogens is 1. The van der Waals surface area contributed by atoms with Gasteiger partial charge in [0.25, 0.3) is 10.0 Å². The van der Waals surface area contributed by atoms with E-state index >= 15 is 0 Å². The van der Waals surface area contributed by atoms with Crippen LogP contribution in [-0.4, -0.2) is 19.3 Å². The Kier molecular flexibility index (Phi) is 3.46. The minimum Gasteiger partial charge on any atom is -0.274 e. The summed E-state index contributed by atoms with van der Waals surface area (Å²) in [6, 6.07) is 11.2. The fourth-order valence-electron chi connectivity index (χ4n) is 3.94. The largest absolute Gasteiger partial charge is 0.274 e. The Bertz CT molecular complexity index is 895. The van der Waals surface area contributed by atoms with Crippen LogP contribution < -0.4 is 4.72 Å². The van der Waals surface area contributed by atoms with E-state index in [4.69, 9.17) is 0 Å². The van der Waals surface area contributed by atoms with Crippen LogP contribution in [0.2, 0.25) is 0 Å². The van der Waals surface area contributed by atoms with Crippen molar-refractivity contribution in [2.45, 2.75) is 36.0 Å². The molecule has 0 aliphatic heterocycles. The van der Waals surface area contributed by atoms with Crippen LogP contribution >= 0.6 is 0 Å². The van der Waals surface area contributed by atoms with Crippen LogP contribution in [0.15, 0.2) is 53.7 Å². The monoisotopic (exact) mass is 342 g/mol. The van der Waals surface area contributed by atoms with Crippen LogP contribution in [0.5, 0.6) is 0 Å². The van der Waals surface area contributed by atoms with Crippen LogP contribution in [0, 0.1) is 5.92 Å². The molecule has 1 N–H and O–H groups in total. The van der Waals surface area contributed by atoms with Gasteiger partial charge in [-0.25, -0.2) is 13.1 Å². The molecule has 0 radical (unpaired) electrons. The minimum absolute atomic E-state index is 0.0112. The minimum atomic E-state index is -3.86. The second-order valence-electron chi connectivity index (χ2n) is 6.58. The zero-order valence-corrected chi connectivity index (χ0v) is 13.9. The quantitative estimate of drug-likeness (QED) is 0.927. The van der Waals surface area contributed by atoms with Gasteiger partial charge in [-0.05, 0) is 48.9 Å². The van der Waals surface area contributed by atoms with E-state index < -0.39 is 15.9 Å². The van der Waals surface area contributed by atoms with Crippen LogP contribution in [-0.2, 0) is 26.7 Å². The van der Waals surface area contributed by atoms with E-state index in [0.717, 1.165) is 25.7 Å². The lowest BCUT2D eigenvalue weighted by Crippen LogP contribution is -2.34. The van der Waals surface area contributed by atoms with Gasteiger partial charge < -0.3 is 0 Å². The lowest BCUT2D eigenvalue weighted by atomic mass is 9.78. The first-order chi connectivity index (χ1) is 11.5. The Balaban J connectivity index is 1.56. The lowest BCUT2D eigenvalue weighted by molar-refractivity contribution is -0.121. The number of aryl methyl sites for hydroxylation is 1. The number of carbonyl (C=O) groups is 1. The van der Waals surface area contributed by atoms with E-state index in [1.165, 1.54) is 35.7 Å². The zero-order valence-electron chi connectivity index (χ0n) is 13.1. The first-order valence-electron chi connectivity index (χ1n) is 8.08. The summed E-state index contributed by atoms with van der Waals surface area (Å²) in [4.78, 5) is 16.4. The summed E-state index contributed by atoms with van der Waals surface area (Å²) in [5, 5.41) is 0. The molecule has 1 spiro atoms. The van der Waals surface area contributed by atoms with Crippen molar-refractivity contribution in [2.75, 3.05) is 0 Å². The molecule has 2 aromatic rings. The molecule has 1 heterocycles. The summed E-state index contributed by atoms with van der Waals surface area (Å²) in [6.45, 7) is 0. The maximum atomic E-state index is 12.6. The van der Waals surface area contributed by atoms with Crippen molar-refractivity contribution in [2.24, 2.45) is 5.92 Å². The number of hydrogen-bond donors (Lipinski definition) is 1. The number of carbonyl (C=O) groups excluding carboxylic acids is 1. The number of pyridine rings is 1. The predicted octanol–water partition coefficient (Wildman–Crippen LogP) is 2.18. The number of nitrogens with zero attached hydrogens (tertiary/aromatic N) is 1. The third kappa shape index (κ3) is 2.41. The van der Waals surface area contributed by atoms with Gasteiger partial charge in [0.15, 0.2) is 0 Å². The van der Waals surface area contributed by atoms with Gasteiger partial charge in [0.05, 0.1) is 0 Å². The van der Waals surface area contributed by atoms with Crippen LogP contribution in [0.25, 0.3) is 0 Å². The van der Waals surface area contributed by atoms with E-state index in [1.807, 2.05) is 12.1 Å². The number of nitrogens with one attached hydrogen (secondary N) is 1. The molecule has 1 saturated carbocycles. The number of hydrogen-bond acceptors (Lipinski definition) is 4. The smallest absolute Gasteiger partial charge is 0.265 e. The van der Waals surface area contributed by atoms with E-state index in [2.05, 4.69) is 21.8 Å². The van der Waals surface area contributed by atoms with Crippen molar-refractivity contribution in [3.63, 3.8) is 0 Å². The molecule has 1 aromatic carbocycles. The molecule has 2 atom stereocenters. The van der Waals surface area contributed by atoms with Crippen molar-refractivity contribution < 1.29 is 13.2 Å². The fourth-order valence-corrected chi connectivity index (χ4v) is 4.93. The van der Waals surface area contributed by atoms with Gasteiger partial charge in [0, 0.05) is 23.7 Å². The Morgan fingerprint density at radius 3 is 2.83 bits per heavy atom. The van der Waals surface area contributed by atoms with Gasteiger partial charge in [-0.15, -0.1) is 0 Å². The summed E-state index contributed by atoms with van der Waals surface area (Å²) in [7, 11) is -3.86. The number of benzene rings is 1. The summed E-state index contributed by atoms with van der Waals surface area (Å²) in [5.74, 6) is -0.680. The molecule has 24 heavy (non-hydrogen) atoms. The molecular formula is C18H18N2O3S. The van der Waals surface area contributed by atoms with Gasteiger partial charge >= 0.3 is 0 Å². The fraction of sp³-hybridized carbons (Fsp3) is 0.333. The zero-order chi connectivity index (χ0) is 16.8. The maximum absolute atomic E-state index is 12.6. The van der Waals surface area contributed by atoms with Crippen LogP contribution in [0.1, 0.15) is 30.4 Å². The number of fused-ring (bicyclic) bond motifs is 2.